The van der Waals surface area contributed by atoms with E-state index in [0.717, 1.165) is 22.0 Å². The lowest BCUT2D eigenvalue weighted by Gasteiger charge is -2.26. The zero-order chi connectivity index (χ0) is 30.3. The number of fused-ring (bicyclic) bond motifs is 2. The number of H-pyrrole nitrogens is 1. The number of para-hydroxylation sites is 1. The fourth-order valence-electron chi connectivity index (χ4n) is 5.64. The molecule has 2 aromatic carbocycles. The Bertz CT molecular complexity index is 1560. The first-order valence-electron chi connectivity index (χ1n) is 15.2. The third-order valence-electron chi connectivity index (χ3n) is 7.89. The monoisotopic (exact) mass is 583 g/mol. The summed E-state index contributed by atoms with van der Waals surface area (Å²) in [6.45, 7) is 7.18. The highest BCUT2D eigenvalue weighted by atomic mass is 16.2. The van der Waals surface area contributed by atoms with E-state index in [2.05, 4.69) is 21.7 Å². The van der Waals surface area contributed by atoms with Crippen LogP contribution in [0, 0.1) is 5.92 Å². The summed E-state index contributed by atoms with van der Waals surface area (Å²) in [5, 5.41) is 11.9. The molecule has 0 fully saturated rings. The van der Waals surface area contributed by atoms with Crippen LogP contribution in [0.3, 0.4) is 0 Å². The lowest BCUT2D eigenvalue weighted by molar-refractivity contribution is -0.132. The van der Waals surface area contributed by atoms with Gasteiger partial charge in [0, 0.05) is 48.6 Å². The van der Waals surface area contributed by atoms with Crippen molar-refractivity contribution in [2.45, 2.75) is 71.5 Å². The minimum absolute atomic E-state index is 0.0294. The topological polar surface area (TPSA) is 125 Å². The van der Waals surface area contributed by atoms with Crippen molar-refractivity contribution < 1.29 is 14.4 Å². The number of hydrogen-bond acceptors (Lipinski definition) is 5. The molecule has 0 bridgehead atoms. The number of carbonyl (C=O) groups is 3. The minimum Gasteiger partial charge on any atom is -0.361 e. The second-order valence-corrected chi connectivity index (χ2v) is 11.7. The first-order valence-corrected chi connectivity index (χ1v) is 15.2. The maximum absolute atomic E-state index is 13.6. The van der Waals surface area contributed by atoms with Crippen LogP contribution in [-0.2, 0) is 27.3 Å². The third kappa shape index (κ3) is 7.49. The first-order chi connectivity index (χ1) is 20.8. The molecule has 2 aromatic heterocycles. The maximum atomic E-state index is 13.6. The number of carbonyl (C=O) groups excluding carboxylic acids is 3. The summed E-state index contributed by atoms with van der Waals surface area (Å²) in [5.74, 6) is 0.976. The molecule has 4 aromatic rings. The van der Waals surface area contributed by atoms with Crippen LogP contribution in [0.5, 0.6) is 0 Å². The van der Waals surface area contributed by atoms with Gasteiger partial charge in [0.2, 0.25) is 17.7 Å². The third-order valence-corrected chi connectivity index (χ3v) is 7.89. The standard InChI is InChI=1S/C33H41N7O3/c1-22(2)20-28-33(43)35-23(3)32-37-31(24-10-5-4-6-11-24)38-40(32)19-18-39(17-9-14-29(41)36-28)30(42)16-15-25-21-34-27-13-8-7-12-26(25)27/h4-8,10-13,21-23,28,34H,9,14-20H2,1-3H3,(H,35,43)(H,36,41)/t23-,28-/m1/s1. The first kappa shape index (κ1) is 30.0. The van der Waals surface area contributed by atoms with Crippen LogP contribution in [0.2, 0.25) is 0 Å². The highest BCUT2D eigenvalue weighted by Crippen LogP contribution is 2.21. The molecule has 2 atom stereocenters. The van der Waals surface area contributed by atoms with Crippen molar-refractivity contribution in [2.75, 3.05) is 13.1 Å². The average molecular weight is 584 g/mol. The van der Waals surface area contributed by atoms with Gasteiger partial charge in [-0.05, 0) is 43.7 Å². The van der Waals surface area contributed by atoms with Crippen LogP contribution in [0.1, 0.15) is 63.9 Å². The van der Waals surface area contributed by atoms with Crippen molar-refractivity contribution in [1.29, 1.82) is 0 Å². The Kier molecular flexibility index (Phi) is 9.54. The summed E-state index contributed by atoms with van der Waals surface area (Å²) in [6, 6.07) is 16.7. The zero-order valence-corrected chi connectivity index (χ0v) is 25.2. The number of hydrogen-bond donors (Lipinski definition) is 3. The van der Waals surface area contributed by atoms with Crippen LogP contribution in [-0.4, -0.2) is 61.5 Å². The van der Waals surface area contributed by atoms with Gasteiger partial charge in [-0.25, -0.2) is 9.67 Å². The van der Waals surface area contributed by atoms with Crippen molar-refractivity contribution in [3.63, 3.8) is 0 Å². The number of benzene rings is 2. The smallest absolute Gasteiger partial charge is 0.243 e. The molecule has 3 heterocycles. The van der Waals surface area contributed by atoms with Gasteiger partial charge < -0.3 is 20.5 Å². The second kappa shape index (κ2) is 13.7. The molecule has 0 spiro atoms. The molecule has 5 rings (SSSR count). The van der Waals surface area contributed by atoms with E-state index in [9.17, 15) is 14.4 Å². The summed E-state index contributed by atoms with van der Waals surface area (Å²) in [6.07, 6.45) is 4.20. The number of nitrogens with one attached hydrogen (secondary N) is 3. The van der Waals surface area contributed by atoms with Gasteiger partial charge in [-0.2, -0.15) is 5.10 Å². The maximum Gasteiger partial charge on any atom is 0.243 e. The quantitative estimate of drug-likeness (QED) is 0.311. The van der Waals surface area contributed by atoms with E-state index in [1.54, 1.807) is 4.68 Å². The van der Waals surface area contributed by atoms with Crippen molar-refractivity contribution in [2.24, 2.45) is 5.92 Å². The summed E-state index contributed by atoms with van der Waals surface area (Å²) < 4.78 is 1.80. The minimum atomic E-state index is -0.656. The second-order valence-electron chi connectivity index (χ2n) is 11.7. The van der Waals surface area contributed by atoms with E-state index in [0.29, 0.717) is 57.0 Å². The van der Waals surface area contributed by atoms with Gasteiger partial charge in [-0.15, -0.1) is 0 Å². The number of aromatic amines is 1. The summed E-state index contributed by atoms with van der Waals surface area (Å²) >= 11 is 0. The molecule has 0 radical (unpaired) electrons. The Labute approximate surface area is 252 Å². The molecule has 10 nitrogen and oxygen atoms in total. The summed E-state index contributed by atoms with van der Waals surface area (Å²) in [5.41, 5.74) is 3.03. The van der Waals surface area contributed by atoms with Gasteiger partial charge in [0.25, 0.3) is 0 Å². The predicted octanol–water partition coefficient (Wildman–Crippen LogP) is 4.39. The normalized spacial score (nSPS) is 18.7. The van der Waals surface area contributed by atoms with E-state index >= 15 is 0 Å². The van der Waals surface area contributed by atoms with E-state index < -0.39 is 12.1 Å². The molecule has 3 N–H and O–H groups in total. The largest absolute Gasteiger partial charge is 0.361 e. The Morgan fingerprint density at radius 1 is 1.00 bits per heavy atom. The summed E-state index contributed by atoms with van der Waals surface area (Å²) in [7, 11) is 0. The van der Waals surface area contributed by atoms with Crippen LogP contribution in [0.4, 0.5) is 0 Å². The van der Waals surface area contributed by atoms with E-state index in [4.69, 9.17) is 10.1 Å². The number of amides is 3. The number of aryl methyl sites for hydroxylation is 1. The zero-order valence-electron chi connectivity index (χ0n) is 25.2. The van der Waals surface area contributed by atoms with Crippen molar-refractivity contribution >= 4 is 28.6 Å². The average Bonchev–Trinajstić information content (AvgIpc) is 3.61. The van der Waals surface area contributed by atoms with E-state index in [1.165, 1.54) is 0 Å². The van der Waals surface area contributed by atoms with Crippen molar-refractivity contribution in [3.8, 4) is 11.4 Å². The predicted molar refractivity (Wildman–Crippen MR) is 166 cm³/mol. The molecule has 0 saturated heterocycles. The molecule has 3 amide bonds. The van der Waals surface area contributed by atoms with Crippen LogP contribution in [0.15, 0.2) is 60.8 Å². The molecule has 43 heavy (non-hydrogen) atoms. The van der Waals surface area contributed by atoms with E-state index in [-0.39, 0.29) is 30.1 Å². The fourth-order valence-corrected chi connectivity index (χ4v) is 5.64. The number of rotatable bonds is 6. The Morgan fingerprint density at radius 3 is 2.56 bits per heavy atom. The molecular weight excluding hydrogens is 542 g/mol. The Morgan fingerprint density at radius 2 is 1.77 bits per heavy atom. The fraction of sp³-hybridized carbons (Fsp3) is 0.424. The molecular formula is C33H41N7O3. The highest BCUT2D eigenvalue weighted by molar-refractivity contribution is 5.88. The Hall–Kier alpha value is -4.47. The van der Waals surface area contributed by atoms with Crippen LogP contribution in [0.25, 0.3) is 22.3 Å². The van der Waals surface area contributed by atoms with Crippen LogP contribution < -0.4 is 10.6 Å². The number of nitrogens with zero attached hydrogens (tertiary/aromatic N) is 4. The SMILES string of the molecule is CC(C)C[C@H]1NC(=O)CCCN(C(=O)CCc2c[nH]c3ccccc23)CCn2nc(-c3ccccc3)nc2[C@@H](C)NC1=O. The van der Waals surface area contributed by atoms with Gasteiger partial charge in [0.15, 0.2) is 5.82 Å². The van der Waals surface area contributed by atoms with Crippen LogP contribution >= 0.6 is 0 Å². The van der Waals surface area contributed by atoms with Gasteiger partial charge in [-0.3, -0.25) is 14.4 Å². The molecule has 0 saturated carbocycles. The number of aromatic nitrogens is 4. The molecule has 1 aliphatic rings. The molecule has 1 aliphatic heterocycles. The van der Waals surface area contributed by atoms with Gasteiger partial charge >= 0.3 is 0 Å². The molecule has 0 aliphatic carbocycles. The van der Waals surface area contributed by atoms with E-state index in [1.807, 2.05) is 80.4 Å². The molecule has 0 unspecified atom stereocenters. The summed E-state index contributed by atoms with van der Waals surface area (Å²) in [4.78, 5) is 49.7. The lowest BCUT2D eigenvalue weighted by Crippen LogP contribution is -2.48. The van der Waals surface area contributed by atoms with Crippen molar-refractivity contribution in [1.82, 2.24) is 35.3 Å². The highest BCUT2D eigenvalue weighted by Gasteiger charge is 2.27. The Balaban J connectivity index is 1.39. The molecule has 226 valence electrons. The molecule has 10 heteroatoms. The lowest BCUT2D eigenvalue weighted by atomic mass is 10.0. The van der Waals surface area contributed by atoms with Gasteiger partial charge in [-0.1, -0.05) is 62.4 Å². The van der Waals surface area contributed by atoms with Crippen molar-refractivity contribution in [3.05, 3.63) is 72.2 Å². The van der Waals surface area contributed by atoms with Gasteiger partial charge in [0.05, 0.1) is 12.6 Å². The van der Waals surface area contributed by atoms with Gasteiger partial charge in [0.1, 0.15) is 11.9 Å².